The van der Waals surface area contributed by atoms with E-state index in [0.717, 1.165) is 11.3 Å². The highest BCUT2D eigenvalue weighted by Gasteiger charge is 2.07. The van der Waals surface area contributed by atoms with Gasteiger partial charge in [0, 0.05) is 17.5 Å². The smallest absolute Gasteiger partial charge is 0.303 e. The van der Waals surface area contributed by atoms with E-state index < -0.39 is 5.97 Å². The van der Waals surface area contributed by atoms with E-state index in [9.17, 15) is 9.18 Å². The molecule has 17 heavy (non-hydrogen) atoms. The Hall–Kier alpha value is -1.97. The minimum atomic E-state index is -0.857. The predicted molar refractivity (Wildman–Crippen MR) is 62.4 cm³/mol. The second-order valence-corrected chi connectivity index (χ2v) is 3.98. The molecule has 1 heterocycles. The van der Waals surface area contributed by atoms with Gasteiger partial charge in [-0.25, -0.2) is 4.39 Å². The summed E-state index contributed by atoms with van der Waals surface area (Å²) >= 11 is 0. The van der Waals surface area contributed by atoms with Crippen LogP contribution in [0.15, 0.2) is 24.3 Å². The Morgan fingerprint density at radius 2 is 2.18 bits per heavy atom. The zero-order chi connectivity index (χ0) is 12.4. The molecule has 88 valence electrons. The SMILES string of the molecule is Cc1cc(CCC(=O)O)c2cc(F)ccc2n1. The number of hydrogen-bond acceptors (Lipinski definition) is 2. The Balaban J connectivity index is 2.51. The number of benzene rings is 1. The molecule has 0 bridgehead atoms. The number of aryl methyl sites for hydroxylation is 2. The minimum Gasteiger partial charge on any atom is -0.481 e. The summed E-state index contributed by atoms with van der Waals surface area (Å²) in [4.78, 5) is 14.9. The van der Waals surface area contributed by atoms with Gasteiger partial charge in [0.2, 0.25) is 0 Å². The molecule has 0 aliphatic carbocycles. The van der Waals surface area contributed by atoms with Gasteiger partial charge in [-0.3, -0.25) is 9.78 Å². The highest BCUT2D eigenvalue weighted by molar-refractivity contribution is 5.83. The van der Waals surface area contributed by atoms with E-state index in [-0.39, 0.29) is 12.2 Å². The predicted octanol–water partition coefficient (Wildman–Crippen LogP) is 2.70. The first kappa shape index (κ1) is 11.5. The number of fused-ring (bicyclic) bond motifs is 1. The first-order valence-electron chi connectivity index (χ1n) is 5.34. The van der Waals surface area contributed by atoms with Crippen molar-refractivity contribution in [1.29, 1.82) is 0 Å². The van der Waals surface area contributed by atoms with Crippen molar-refractivity contribution in [3.05, 3.63) is 41.3 Å². The van der Waals surface area contributed by atoms with Gasteiger partial charge in [-0.2, -0.15) is 0 Å². The molecule has 0 atom stereocenters. The first-order chi connectivity index (χ1) is 8.06. The number of aromatic nitrogens is 1. The molecule has 1 aromatic heterocycles. The zero-order valence-electron chi connectivity index (χ0n) is 9.40. The summed E-state index contributed by atoms with van der Waals surface area (Å²) in [6.07, 6.45) is 0.424. The van der Waals surface area contributed by atoms with Crippen molar-refractivity contribution in [2.75, 3.05) is 0 Å². The van der Waals surface area contributed by atoms with Gasteiger partial charge >= 0.3 is 5.97 Å². The van der Waals surface area contributed by atoms with Crippen LogP contribution in [0.2, 0.25) is 0 Å². The molecule has 0 amide bonds. The van der Waals surface area contributed by atoms with Crippen molar-refractivity contribution in [2.24, 2.45) is 0 Å². The van der Waals surface area contributed by atoms with Gasteiger partial charge in [-0.05, 0) is 43.2 Å². The van der Waals surface area contributed by atoms with Gasteiger partial charge in [0.1, 0.15) is 5.82 Å². The van der Waals surface area contributed by atoms with Crippen molar-refractivity contribution >= 4 is 16.9 Å². The highest BCUT2D eigenvalue weighted by atomic mass is 19.1. The maximum atomic E-state index is 13.2. The molecule has 0 radical (unpaired) electrons. The van der Waals surface area contributed by atoms with Crippen molar-refractivity contribution in [1.82, 2.24) is 4.98 Å². The number of carboxylic acids is 1. The van der Waals surface area contributed by atoms with Gasteiger partial charge in [-0.15, -0.1) is 0 Å². The fourth-order valence-electron chi connectivity index (χ4n) is 1.86. The Labute approximate surface area is 97.9 Å². The van der Waals surface area contributed by atoms with Crippen LogP contribution in [0.5, 0.6) is 0 Å². The molecule has 0 unspecified atom stereocenters. The second kappa shape index (κ2) is 4.49. The largest absolute Gasteiger partial charge is 0.481 e. The number of carboxylic acid groups (broad SMARTS) is 1. The van der Waals surface area contributed by atoms with Crippen LogP contribution in [0.3, 0.4) is 0 Å². The van der Waals surface area contributed by atoms with E-state index in [1.807, 2.05) is 13.0 Å². The molecule has 0 saturated heterocycles. The lowest BCUT2D eigenvalue weighted by Crippen LogP contribution is -1.99. The van der Waals surface area contributed by atoms with E-state index >= 15 is 0 Å². The fourth-order valence-corrected chi connectivity index (χ4v) is 1.86. The number of nitrogens with zero attached hydrogens (tertiary/aromatic N) is 1. The zero-order valence-corrected chi connectivity index (χ0v) is 9.40. The second-order valence-electron chi connectivity index (χ2n) is 3.98. The van der Waals surface area contributed by atoms with E-state index in [4.69, 9.17) is 5.11 Å². The van der Waals surface area contributed by atoms with Crippen LogP contribution >= 0.6 is 0 Å². The summed E-state index contributed by atoms with van der Waals surface area (Å²) in [5.41, 5.74) is 2.34. The molecule has 0 saturated carbocycles. The first-order valence-corrected chi connectivity index (χ1v) is 5.34. The molecule has 3 nitrogen and oxygen atoms in total. The maximum Gasteiger partial charge on any atom is 0.303 e. The summed E-state index contributed by atoms with van der Waals surface area (Å²) in [6.45, 7) is 1.84. The molecule has 4 heteroatoms. The van der Waals surface area contributed by atoms with Crippen LogP contribution in [-0.4, -0.2) is 16.1 Å². The number of halogens is 1. The van der Waals surface area contributed by atoms with Crippen molar-refractivity contribution in [3.63, 3.8) is 0 Å². The number of aliphatic carboxylic acids is 1. The lowest BCUT2D eigenvalue weighted by Gasteiger charge is -2.06. The molecule has 2 aromatic rings. The quantitative estimate of drug-likeness (QED) is 0.886. The van der Waals surface area contributed by atoms with Crippen LogP contribution in [0, 0.1) is 12.7 Å². The number of rotatable bonds is 3. The van der Waals surface area contributed by atoms with Crippen molar-refractivity contribution in [3.8, 4) is 0 Å². The molecule has 0 fully saturated rings. The van der Waals surface area contributed by atoms with Crippen molar-refractivity contribution < 1.29 is 14.3 Å². The fraction of sp³-hybridized carbons (Fsp3) is 0.231. The molecule has 0 aliphatic heterocycles. The van der Waals surface area contributed by atoms with Crippen LogP contribution in [0.4, 0.5) is 4.39 Å². The number of hydrogen-bond donors (Lipinski definition) is 1. The number of pyridine rings is 1. The lowest BCUT2D eigenvalue weighted by molar-refractivity contribution is -0.136. The minimum absolute atomic E-state index is 0.0368. The standard InChI is InChI=1S/C13H12FNO2/c1-8-6-9(2-5-13(16)17)11-7-10(14)3-4-12(11)15-8/h3-4,6-7H,2,5H2,1H3,(H,16,17). The van der Waals surface area contributed by atoms with Crippen LogP contribution < -0.4 is 0 Å². The molecule has 1 N–H and O–H groups in total. The van der Waals surface area contributed by atoms with E-state index in [1.54, 1.807) is 6.07 Å². The van der Waals surface area contributed by atoms with E-state index in [1.165, 1.54) is 12.1 Å². The highest BCUT2D eigenvalue weighted by Crippen LogP contribution is 2.20. The van der Waals surface area contributed by atoms with E-state index in [2.05, 4.69) is 4.98 Å². The van der Waals surface area contributed by atoms with Crippen LogP contribution in [0.25, 0.3) is 10.9 Å². The molecular formula is C13H12FNO2. The average molecular weight is 233 g/mol. The van der Waals surface area contributed by atoms with Gasteiger partial charge in [0.05, 0.1) is 5.52 Å². The summed E-state index contributed by atoms with van der Waals surface area (Å²) in [7, 11) is 0. The number of carbonyl (C=O) groups is 1. The molecule has 0 spiro atoms. The van der Waals surface area contributed by atoms with Crippen molar-refractivity contribution in [2.45, 2.75) is 19.8 Å². The third kappa shape index (κ3) is 2.58. The third-order valence-electron chi connectivity index (χ3n) is 2.59. The molecule has 1 aromatic carbocycles. The topological polar surface area (TPSA) is 50.2 Å². The normalized spacial score (nSPS) is 10.7. The molecule has 0 aliphatic rings. The third-order valence-corrected chi connectivity index (χ3v) is 2.59. The van der Waals surface area contributed by atoms with Gasteiger partial charge in [0.15, 0.2) is 0 Å². The Morgan fingerprint density at radius 3 is 2.88 bits per heavy atom. The van der Waals surface area contributed by atoms with Crippen LogP contribution in [-0.2, 0) is 11.2 Å². The molecular weight excluding hydrogens is 221 g/mol. The van der Waals surface area contributed by atoms with Gasteiger partial charge < -0.3 is 5.11 Å². The summed E-state index contributed by atoms with van der Waals surface area (Å²) in [5.74, 6) is -1.19. The van der Waals surface area contributed by atoms with Gasteiger partial charge in [-0.1, -0.05) is 0 Å². The van der Waals surface area contributed by atoms with E-state index in [0.29, 0.717) is 17.3 Å². The summed E-state index contributed by atoms with van der Waals surface area (Å²) in [6, 6.07) is 6.18. The Morgan fingerprint density at radius 1 is 1.41 bits per heavy atom. The average Bonchev–Trinajstić information content (AvgIpc) is 2.26. The summed E-state index contributed by atoms with van der Waals surface area (Å²) < 4.78 is 13.2. The monoisotopic (exact) mass is 233 g/mol. The lowest BCUT2D eigenvalue weighted by atomic mass is 10.0. The summed E-state index contributed by atoms with van der Waals surface area (Å²) in [5, 5.41) is 9.37. The van der Waals surface area contributed by atoms with Crippen LogP contribution in [0.1, 0.15) is 17.7 Å². The Kier molecular flexibility index (Phi) is 3.04. The Bertz CT molecular complexity index is 581. The van der Waals surface area contributed by atoms with Gasteiger partial charge in [0.25, 0.3) is 0 Å². The maximum absolute atomic E-state index is 13.2. The molecule has 2 rings (SSSR count).